The smallest absolute Gasteiger partial charge is 0.215 e. The SMILES string of the molecule is CCC(Cl)C(=O)C(C)=O.c1ccccc1. The van der Waals surface area contributed by atoms with E-state index in [1.165, 1.54) is 6.92 Å². The van der Waals surface area contributed by atoms with Crippen LogP contribution in [0.1, 0.15) is 20.3 Å². The van der Waals surface area contributed by atoms with Crippen molar-refractivity contribution >= 4 is 23.2 Å². The van der Waals surface area contributed by atoms with Crippen molar-refractivity contribution in [1.29, 1.82) is 0 Å². The molecule has 82 valence electrons. The number of hydrogen-bond donors (Lipinski definition) is 0. The lowest BCUT2D eigenvalue weighted by Crippen LogP contribution is -2.20. The number of Topliss-reactive ketones (excluding diaryl/α,β-unsaturated/α-hetero) is 2. The Bertz CT molecular complexity index is 269. The van der Waals surface area contributed by atoms with Crippen LogP contribution >= 0.6 is 11.6 Å². The molecule has 0 aromatic heterocycles. The largest absolute Gasteiger partial charge is 0.291 e. The molecular formula is C12H15ClO2. The van der Waals surface area contributed by atoms with Crippen molar-refractivity contribution in [2.24, 2.45) is 0 Å². The van der Waals surface area contributed by atoms with Crippen LogP contribution in [0.4, 0.5) is 0 Å². The summed E-state index contributed by atoms with van der Waals surface area (Å²) in [4.78, 5) is 20.9. The fourth-order valence-corrected chi connectivity index (χ4v) is 0.945. The number of ketones is 2. The minimum Gasteiger partial charge on any atom is -0.291 e. The van der Waals surface area contributed by atoms with E-state index in [0.717, 1.165) is 0 Å². The number of carbonyl (C=O) groups is 2. The van der Waals surface area contributed by atoms with Gasteiger partial charge in [0.2, 0.25) is 5.78 Å². The monoisotopic (exact) mass is 226 g/mol. The molecular weight excluding hydrogens is 212 g/mol. The van der Waals surface area contributed by atoms with Gasteiger partial charge in [-0.15, -0.1) is 11.6 Å². The minimum atomic E-state index is -0.623. The number of alkyl halides is 1. The average molecular weight is 227 g/mol. The summed E-state index contributed by atoms with van der Waals surface area (Å²) >= 11 is 5.44. The topological polar surface area (TPSA) is 34.1 Å². The molecule has 1 aromatic rings. The Morgan fingerprint density at radius 1 is 1.07 bits per heavy atom. The molecule has 0 aliphatic rings. The molecule has 0 bridgehead atoms. The third-order valence-corrected chi connectivity index (χ3v) is 2.16. The van der Waals surface area contributed by atoms with Crippen LogP contribution in [-0.2, 0) is 9.59 Å². The van der Waals surface area contributed by atoms with E-state index >= 15 is 0 Å². The average Bonchev–Trinajstić information content (AvgIpc) is 2.30. The Hall–Kier alpha value is -1.15. The first-order chi connectivity index (χ1) is 7.09. The van der Waals surface area contributed by atoms with Gasteiger partial charge in [0.05, 0.1) is 5.38 Å². The van der Waals surface area contributed by atoms with Gasteiger partial charge in [0, 0.05) is 6.92 Å². The van der Waals surface area contributed by atoms with Crippen molar-refractivity contribution < 1.29 is 9.59 Å². The normalized spacial score (nSPS) is 10.9. The number of carbonyl (C=O) groups excluding carboxylic acids is 2. The number of halogens is 1. The predicted molar refractivity (Wildman–Crippen MR) is 62.1 cm³/mol. The molecule has 1 rings (SSSR count). The Kier molecular flexibility index (Phi) is 7.56. The third kappa shape index (κ3) is 6.86. The minimum absolute atomic E-state index is 0.461. The Morgan fingerprint density at radius 2 is 1.40 bits per heavy atom. The summed E-state index contributed by atoms with van der Waals surface area (Å²) in [5, 5.41) is -0.623. The first-order valence-electron chi connectivity index (χ1n) is 4.78. The molecule has 15 heavy (non-hydrogen) atoms. The first kappa shape index (κ1) is 13.8. The number of hydrogen-bond acceptors (Lipinski definition) is 2. The van der Waals surface area contributed by atoms with E-state index in [0.29, 0.717) is 6.42 Å². The van der Waals surface area contributed by atoms with E-state index in [-0.39, 0.29) is 0 Å². The summed E-state index contributed by atoms with van der Waals surface area (Å²) in [7, 11) is 0. The van der Waals surface area contributed by atoms with E-state index in [2.05, 4.69) is 0 Å². The van der Waals surface area contributed by atoms with Gasteiger partial charge in [-0.3, -0.25) is 9.59 Å². The van der Waals surface area contributed by atoms with Gasteiger partial charge in [-0.05, 0) is 6.42 Å². The summed E-state index contributed by atoms with van der Waals surface area (Å²) in [5.41, 5.74) is 0. The molecule has 3 heteroatoms. The highest BCUT2D eigenvalue weighted by Crippen LogP contribution is 2.02. The van der Waals surface area contributed by atoms with Crippen molar-refractivity contribution in [1.82, 2.24) is 0 Å². The van der Waals surface area contributed by atoms with Crippen LogP contribution in [0.15, 0.2) is 36.4 Å². The first-order valence-corrected chi connectivity index (χ1v) is 5.22. The number of rotatable bonds is 3. The zero-order valence-corrected chi connectivity index (χ0v) is 9.70. The van der Waals surface area contributed by atoms with Gasteiger partial charge < -0.3 is 0 Å². The van der Waals surface area contributed by atoms with Crippen LogP contribution in [0.2, 0.25) is 0 Å². The van der Waals surface area contributed by atoms with E-state index < -0.39 is 16.9 Å². The summed E-state index contributed by atoms with van der Waals surface area (Å²) in [5.74, 6) is -0.948. The third-order valence-electron chi connectivity index (χ3n) is 1.66. The molecule has 0 saturated carbocycles. The lowest BCUT2D eigenvalue weighted by molar-refractivity contribution is -0.135. The van der Waals surface area contributed by atoms with E-state index in [9.17, 15) is 9.59 Å². The van der Waals surface area contributed by atoms with Gasteiger partial charge in [0.15, 0.2) is 5.78 Å². The molecule has 0 aliphatic heterocycles. The van der Waals surface area contributed by atoms with Crippen molar-refractivity contribution in [3.63, 3.8) is 0 Å². The molecule has 0 amide bonds. The zero-order valence-electron chi connectivity index (χ0n) is 8.94. The predicted octanol–water partition coefficient (Wildman–Crippen LogP) is 2.85. The molecule has 0 spiro atoms. The lowest BCUT2D eigenvalue weighted by Gasteiger charge is -1.98. The van der Waals surface area contributed by atoms with Crippen LogP contribution in [-0.4, -0.2) is 16.9 Å². The maximum atomic E-state index is 10.6. The maximum absolute atomic E-state index is 10.6. The molecule has 1 unspecified atom stereocenters. The van der Waals surface area contributed by atoms with Crippen molar-refractivity contribution in [2.75, 3.05) is 0 Å². The van der Waals surface area contributed by atoms with Crippen molar-refractivity contribution in [3.05, 3.63) is 36.4 Å². The van der Waals surface area contributed by atoms with Gasteiger partial charge in [-0.2, -0.15) is 0 Å². The van der Waals surface area contributed by atoms with Crippen LogP contribution < -0.4 is 0 Å². The van der Waals surface area contributed by atoms with Crippen LogP contribution in [0, 0.1) is 0 Å². The van der Waals surface area contributed by atoms with Gasteiger partial charge in [0.1, 0.15) is 0 Å². The highest BCUT2D eigenvalue weighted by Gasteiger charge is 2.16. The van der Waals surface area contributed by atoms with Gasteiger partial charge in [-0.25, -0.2) is 0 Å². The van der Waals surface area contributed by atoms with Crippen molar-refractivity contribution in [2.45, 2.75) is 25.6 Å². The maximum Gasteiger partial charge on any atom is 0.215 e. The van der Waals surface area contributed by atoms with Crippen molar-refractivity contribution in [3.8, 4) is 0 Å². The molecule has 2 nitrogen and oxygen atoms in total. The van der Waals surface area contributed by atoms with E-state index in [1.54, 1.807) is 6.92 Å². The molecule has 0 saturated heterocycles. The quantitative estimate of drug-likeness (QED) is 0.587. The Balaban J connectivity index is 0.000000280. The van der Waals surface area contributed by atoms with E-state index in [4.69, 9.17) is 11.6 Å². The van der Waals surface area contributed by atoms with Gasteiger partial charge in [0.25, 0.3) is 0 Å². The van der Waals surface area contributed by atoms with Gasteiger partial charge in [-0.1, -0.05) is 43.3 Å². The van der Waals surface area contributed by atoms with Crippen LogP contribution in [0.5, 0.6) is 0 Å². The van der Waals surface area contributed by atoms with Crippen LogP contribution in [0.25, 0.3) is 0 Å². The zero-order chi connectivity index (χ0) is 11.7. The second-order valence-corrected chi connectivity index (χ2v) is 3.48. The molecule has 0 fully saturated rings. The highest BCUT2D eigenvalue weighted by molar-refractivity contribution is 6.49. The standard InChI is InChI=1S/C6H9ClO2.C6H6/c1-3-5(7)6(9)4(2)8;1-2-4-6-5-3-1/h5H,3H2,1-2H3;1-6H. The second-order valence-electron chi connectivity index (χ2n) is 2.95. The molecule has 1 atom stereocenters. The van der Waals surface area contributed by atoms with Gasteiger partial charge >= 0.3 is 0 Å². The summed E-state index contributed by atoms with van der Waals surface area (Å²) in [6.07, 6.45) is 0.514. The molecule has 0 N–H and O–H groups in total. The second kappa shape index (κ2) is 8.18. The molecule has 0 aliphatic carbocycles. The molecule has 0 heterocycles. The summed E-state index contributed by atoms with van der Waals surface area (Å²) in [6.45, 7) is 2.99. The Labute approximate surface area is 95.3 Å². The fourth-order valence-electron chi connectivity index (χ4n) is 0.791. The molecule has 1 aromatic carbocycles. The lowest BCUT2D eigenvalue weighted by atomic mass is 10.2. The summed E-state index contributed by atoms with van der Waals surface area (Å²) < 4.78 is 0. The van der Waals surface area contributed by atoms with E-state index in [1.807, 2.05) is 36.4 Å². The Morgan fingerprint density at radius 3 is 1.53 bits per heavy atom. The van der Waals surface area contributed by atoms with Crippen LogP contribution in [0.3, 0.4) is 0 Å². The summed E-state index contributed by atoms with van der Waals surface area (Å²) in [6, 6.07) is 12.0. The molecule has 0 radical (unpaired) electrons. The highest BCUT2D eigenvalue weighted by atomic mass is 35.5. The number of benzene rings is 1. The fraction of sp³-hybridized carbons (Fsp3) is 0.333.